The average Bonchev–Trinajstić information content (AvgIpc) is 2.38. The van der Waals surface area contributed by atoms with Gasteiger partial charge in [-0.05, 0) is 13.8 Å². The Hall–Kier alpha value is -1.30. The van der Waals surface area contributed by atoms with Gasteiger partial charge in [-0.1, -0.05) is 0 Å². The lowest BCUT2D eigenvalue weighted by Crippen LogP contribution is -2.53. The van der Waals surface area contributed by atoms with Gasteiger partial charge in [-0.15, -0.1) is 0 Å². The lowest BCUT2D eigenvalue weighted by atomic mass is 10.3. The molecule has 0 bridgehead atoms. The first-order chi connectivity index (χ1) is 8.58. The number of piperazine rings is 1. The molecule has 1 aliphatic rings. The molecule has 1 N–H and O–H groups in total. The molecule has 1 rings (SSSR count). The van der Waals surface area contributed by atoms with Gasteiger partial charge in [-0.25, -0.2) is 4.79 Å². The third kappa shape index (κ3) is 4.18. The summed E-state index contributed by atoms with van der Waals surface area (Å²) >= 11 is 0. The van der Waals surface area contributed by atoms with E-state index in [1.165, 1.54) is 0 Å². The molecule has 2 amide bonds. The second kappa shape index (κ2) is 7.20. The van der Waals surface area contributed by atoms with Crippen LogP contribution >= 0.6 is 0 Å². The summed E-state index contributed by atoms with van der Waals surface area (Å²) in [6.07, 6.45) is 0.171. The van der Waals surface area contributed by atoms with Crippen molar-refractivity contribution in [3.63, 3.8) is 0 Å². The minimum Gasteiger partial charge on any atom is -0.481 e. The van der Waals surface area contributed by atoms with Crippen LogP contribution in [0.2, 0.25) is 0 Å². The highest BCUT2D eigenvalue weighted by molar-refractivity contribution is 5.74. The van der Waals surface area contributed by atoms with Crippen LogP contribution < -0.4 is 0 Å². The molecule has 1 heterocycles. The van der Waals surface area contributed by atoms with Crippen molar-refractivity contribution < 1.29 is 14.7 Å². The van der Waals surface area contributed by atoms with E-state index in [4.69, 9.17) is 5.11 Å². The van der Waals surface area contributed by atoms with Gasteiger partial charge < -0.3 is 14.9 Å². The molecule has 0 aromatic heterocycles. The molecule has 6 heteroatoms. The number of rotatable bonds is 5. The van der Waals surface area contributed by atoms with Crippen LogP contribution in [0.15, 0.2) is 0 Å². The maximum atomic E-state index is 12.1. The minimum atomic E-state index is -0.767. The molecule has 0 spiro atoms. The maximum absolute atomic E-state index is 12.1. The van der Waals surface area contributed by atoms with Crippen LogP contribution in [-0.4, -0.2) is 77.6 Å². The van der Waals surface area contributed by atoms with Crippen molar-refractivity contribution in [3.8, 4) is 0 Å². The molecule has 1 fully saturated rings. The molecule has 1 saturated heterocycles. The average molecular weight is 257 g/mol. The number of carboxylic acids is 1. The van der Waals surface area contributed by atoms with Gasteiger partial charge in [-0.3, -0.25) is 9.69 Å². The van der Waals surface area contributed by atoms with Crippen molar-refractivity contribution >= 4 is 12.0 Å². The molecule has 0 aliphatic carbocycles. The van der Waals surface area contributed by atoms with Gasteiger partial charge in [0.15, 0.2) is 0 Å². The van der Waals surface area contributed by atoms with Crippen LogP contribution in [0.5, 0.6) is 0 Å². The number of carbonyl (C=O) groups excluding carboxylic acids is 1. The Kier molecular flexibility index (Phi) is 5.91. The Morgan fingerprint density at radius 1 is 1.11 bits per heavy atom. The quantitative estimate of drug-likeness (QED) is 0.781. The first-order valence-electron chi connectivity index (χ1n) is 6.56. The molecule has 104 valence electrons. The Labute approximate surface area is 108 Å². The number of urea groups is 1. The monoisotopic (exact) mass is 257 g/mol. The first-order valence-corrected chi connectivity index (χ1v) is 6.56. The van der Waals surface area contributed by atoms with Crippen molar-refractivity contribution in [2.75, 3.05) is 45.8 Å². The van der Waals surface area contributed by atoms with Gasteiger partial charge in [0, 0.05) is 45.8 Å². The van der Waals surface area contributed by atoms with Gasteiger partial charge in [0.25, 0.3) is 0 Å². The SMILES string of the molecule is CCN(CC)C(=O)N1CCN(CCC(=O)O)CC1. The molecule has 1 aliphatic heterocycles. The van der Waals surface area contributed by atoms with Gasteiger partial charge >= 0.3 is 12.0 Å². The van der Waals surface area contributed by atoms with E-state index in [9.17, 15) is 9.59 Å². The number of hydrogen-bond acceptors (Lipinski definition) is 3. The van der Waals surface area contributed by atoms with Crippen LogP contribution in [0.1, 0.15) is 20.3 Å². The first kappa shape index (κ1) is 14.8. The highest BCUT2D eigenvalue weighted by Crippen LogP contribution is 2.06. The van der Waals surface area contributed by atoms with Crippen LogP contribution in [0.3, 0.4) is 0 Å². The van der Waals surface area contributed by atoms with E-state index >= 15 is 0 Å². The predicted molar refractivity (Wildman–Crippen MR) is 68.6 cm³/mol. The molecular formula is C12H23N3O3. The molecule has 18 heavy (non-hydrogen) atoms. The van der Waals surface area contributed by atoms with E-state index in [0.717, 1.165) is 26.2 Å². The van der Waals surface area contributed by atoms with Gasteiger partial charge in [0.1, 0.15) is 0 Å². The van der Waals surface area contributed by atoms with Crippen molar-refractivity contribution in [1.29, 1.82) is 0 Å². The fourth-order valence-corrected chi connectivity index (χ4v) is 2.11. The van der Waals surface area contributed by atoms with E-state index in [2.05, 4.69) is 4.90 Å². The summed E-state index contributed by atoms with van der Waals surface area (Å²) in [6, 6.07) is 0.0953. The lowest BCUT2D eigenvalue weighted by Gasteiger charge is -2.36. The summed E-state index contributed by atoms with van der Waals surface area (Å²) < 4.78 is 0. The smallest absolute Gasteiger partial charge is 0.320 e. The zero-order valence-corrected chi connectivity index (χ0v) is 11.3. The van der Waals surface area contributed by atoms with E-state index in [-0.39, 0.29) is 12.5 Å². The number of amides is 2. The summed E-state index contributed by atoms with van der Waals surface area (Å²) in [4.78, 5) is 28.3. The van der Waals surface area contributed by atoms with E-state index < -0.39 is 5.97 Å². The van der Waals surface area contributed by atoms with E-state index in [1.807, 2.05) is 23.6 Å². The zero-order valence-electron chi connectivity index (χ0n) is 11.3. The standard InChI is InChI=1S/C12H23N3O3/c1-3-14(4-2)12(18)15-9-7-13(8-10-15)6-5-11(16)17/h3-10H2,1-2H3,(H,16,17). The fraction of sp³-hybridized carbons (Fsp3) is 0.833. The number of carboxylic acid groups (broad SMARTS) is 1. The maximum Gasteiger partial charge on any atom is 0.320 e. The molecular weight excluding hydrogens is 234 g/mol. The summed E-state index contributed by atoms with van der Waals surface area (Å²) in [5, 5.41) is 8.62. The molecule has 0 atom stereocenters. The second-order valence-electron chi connectivity index (χ2n) is 4.43. The normalized spacial score (nSPS) is 16.7. The third-order valence-corrected chi connectivity index (χ3v) is 3.32. The molecule has 0 unspecified atom stereocenters. The van der Waals surface area contributed by atoms with Crippen molar-refractivity contribution in [2.24, 2.45) is 0 Å². The summed E-state index contributed by atoms with van der Waals surface area (Å²) in [5.41, 5.74) is 0. The van der Waals surface area contributed by atoms with Gasteiger partial charge in [-0.2, -0.15) is 0 Å². The molecule has 0 saturated carbocycles. The molecule has 0 aromatic rings. The Bertz CT molecular complexity index is 284. The zero-order chi connectivity index (χ0) is 13.5. The Balaban J connectivity index is 2.34. The minimum absolute atomic E-state index is 0.0953. The highest BCUT2D eigenvalue weighted by Gasteiger charge is 2.23. The van der Waals surface area contributed by atoms with Gasteiger partial charge in [0.2, 0.25) is 0 Å². The lowest BCUT2D eigenvalue weighted by molar-refractivity contribution is -0.137. The number of nitrogens with zero attached hydrogens (tertiary/aromatic N) is 3. The number of hydrogen-bond donors (Lipinski definition) is 1. The Morgan fingerprint density at radius 2 is 1.67 bits per heavy atom. The van der Waals surface area contributed by atoms with Crippen LogP contribution in [-0.2, 0) is 4.79 Å². The van der Waals surface area contributed by atoms with Crippen LogP contribution in [0.4, 0.5) is 4.79 Å². The van der Waals surface area contributed by atoms with E-state index in [1.54, 1.807) is 0 Å². The predicted octanol–water partition coefficient (Wildman–Crippen LogP) is 0.540. The molecule has 6 nitrogen and oxygen atoms in total. The third-order valence-electron chi connectivity index (χ3n) is 3.32. The highest BCUT2D eigenvalue weighted by atomic mass is 16.4. The summed E-state index contributed by atoms with van der Waals surface area (Å²) in [6.45, 7) is 8.89. The van der Waals surface area contributed by atoms with Crippen molar-refractivity contribution in [2.45, 2.75) is 20.3 Å². The topological polar surface area (TPSA) is 64.1 Å². The van der Waals surface area contributed by atoms with Gasteiger partial charge in [0.05, 0.1) is 6.42 Å². The number of aliphatic carboxylic acids is 1. The summed E-state index contributed by atoms with van der Waals surface area (Å²) in [7, 11) is 0. The van der Waals surface area contributed by atoms with Crippen LogP contribution in [0, 0.1) is 0 Å². The van der Waals surface area contributed by atoms with Crippen LogP contribution in [0.25, 0.3) is 0 Å². The van der Waals surface area contributed by atoms with Crippen molar-refractivity contribution in [3.05, 3.63) is 0 Å². The second-order valence-corrected chi connectivity index (χ2v) is 4.43. The fourth-order valence-electron chi connectivity index (χ4n) is 2.11. The number of carbonyl (C=O) groups is 2. The largest absolute Gasteiger partial charge is 0.481 e. The molecule has 0 radical (unpaired) electrons. The summed E-state index contributed by atoms with van der Waals surface area (Å²) in [5.74, 6) is -0.767. The van der Waals surface area contributed by atoms with Crippen molar-refractivity contribution in [1.82, 2.24) is 14.7 Å². The Morgan fingerprint density at radius 3 is 2.11 bits per heavy atom. The molecule has 0 aromatic carbocycles. The van der Waals surface area contributed by atoms with E-state index in [0.29, 0.717) is 19.6 Å².